The highest BCUT2D eigenvalue weighted by molar-refractivity contribution is 5.94. The molecule has 1 aliphatic heterocycles. The number of para-hydroxylation sites is 1. The molecule has 172 valence electrons. The number of rotatable bonds is 5. The summed E-state index contributed by atoms with van der Waals surface area (Å²) in [6.45, 7) is 4.08. The van der Waals surface area contributed by atoms with Gasteiger partial charge in [-0.2, -0.15) is 10.2 Å². The van der Waals surface area contributed by atoms with E-state index >= 15 is 0 Å². The molecule has 33 heavy (non-hydrogen) atoms. The molecule has 2 aliphatic rings. The predicted molar refractivity (Wildman–Crippen MR) is 124 cm³/mol. The highest BCUT2D eigenvalue weighted by Gasteiger charge is 2.31. The van der Waals surface area contributed by atoms with Gasteiger partial charge in [0.1, 0.15) is 0 Å². The van der Waals surface area contributed by atoms with Crippen molar-refractivity contribution in [3.8, 4) is 5.69 Å². The van der Waals surface area contributed by atoms with Crippen molar-refractivity contribution in [1.82, 2.24) is 29.8 Å². The molecule has 8 nitrogen and oxygen atoms in total. The van der Waals surface area contributed by atoms with Crippen LogP contribution in [0.15, 0.2) is 36.7 Å². The summed E-state index contributed by atoms with van der Waals surface area (Å²) in [5.41, 5.74) is 5.70. The standard InChI is InChI=1S/C25H30N6O2/c1-17-6-3-4-8-21(17)31-22-9-5-7-20(22)23(28-31)25(33)30-12-10-18(11-13-30)14-26-24(32)19-15-27-29(2)16-19/h3-4,6,8,15-16,18H,5,7,9-14H2,1-2H3,(H,26,32). The summed E-state index contributed by atoms with van der Waals surface area (Å²) in [6.07, 6.45) is 7.98. The Bertz CT molecular complexity index is 1190. The Morgan fingerprint density at radius 3 is 2.67 bits per heavy atom. The van der Waals surface area contributed by atoms with Gasteiger partial charge in [-0.05, 0) is 56.6 Å². The van der Waals surface area contributed by atoms with Crippen LogP contribution in [0.25, 0.3) is 5.69 Å². The van der Waals surface area contributed by atoms with Crippen molar-refractivity contribution < 1.29 is 9.59 Å². The first-order valence-corrected chi connectivity index (χ1v) is 11.7. The Morgan fingerprint density at radius 2 is 1.94 bits per heavy atom. The Kier molecular flexibility index (Phi) is 5.74. The summed E-state index contributed by atoms with van der Waals surface area (Å²) < 4.78 is 3.61. The topological polar surface area (TPSA) is 85.1 Å². The van der Waals surface area contributed by atoms with Gasteiger partial charge in [-0.25, -0.2) is 4.68 Å². The molecule has 2 aromatic heterocycles. The number of carbonyl (C=O) groups is 2. The van der Waals surface area contributed by atoms with Crippen LogP contribution in [0.4, 0.5) is 0 Å². The highest BCUT2D eigenvalue weighted by Crippen LogP contribution is 2.30. The molecule has 3 aromatic rings. The molecule has 1 saturated heterocycles. The number of piperidine rings is 1. The second-order valence-corrected chi connectivity index (χ2v) is 9.17. The van der Waals surface area contributed by atoms with Gasteiger partial charge in [0.15, 0.2) is 5.69 Å². The molecule has 0 spiro atoms. The van der Waals surface area contributed by atoms with Crippen molar-refractivity contribution in [2.24, 2.45) is 13.0 Å². The van der Waals surface area contributed by atoms with E-state index in [2.05, 4.69) is 29.5 Å². The summed E-state index contributed by atoms with van der Waals surface area (Å²) in [5.74, 6) is 0.308. The van der Waals surface area contributed by atoms with E-state index in [-0.39, 0.29) is 11.8 Å². The number of benzene rings is 1. The normalized spacial score (nSPS) is 16.1. The molecule has 1 aromatic carbocycles. The van der Waals surface area contributed by atoms with Gasteiger partial charge >= 0.3 is 0 Å². The van der Waals surface area contributed by atoms with Gasteiger partial charge in [0.25, 0.3) is 11.8 Å². The molecule has 8 heteroatoms. The summed E-state index contributed by atoms with van der Waals surface area (Å²) in [7, 11) is 1.79. The third kappa shape index (κ3) is 4.17. The number of likely N-dealkylation sites (tertiary alicyclic amines) is 1. The second-order valence-electron chi connectivity index (χ2n) is 9.17. The predicted octanol–water partition coefficient (Wildman–Crippen LogP) is 2.69. The van der Waals surface area contributed by atoms with Crippen molar-refractivity contribution in [1.29, 1.82) is 0 Å². The quantitative estimate of drug-likeness (QED) is 0.653. The smallest absolute Gasteiger partial charge is 0.274 e. The van der Waals surface area contributed by atoms with Crippen LogP contribution in [0.1, 0.15) is 56.9 Å². The fourth-order valence-corrected chi connectivity index (χ4v) is 4.98. The molecule has 5 rings (SSSR count). The average molecular weight is 447 g/mol. The molecule has 2 amide bonds. The first-order valence-electron chi connectivity index (χ1n) is 11.7. The van der Waals surface area contributed by atoms with Crippen LogP contribution in [-0.2, 0) is 19.9 Å². The Balaban J connectivity index is 1.23. The maximum Gasteiger partial charge on any atom is 0.274 e. The maximum atomic E-state index is 13.4. The van der Waals surface area contributed by atoms with Gasteiger partial charge in [0, 0.05) is 44.1 Å². The fraction of sp³-hybridized carbons (Fsp3) is 0.440. The lowest BCUT2D eigenvalue weighted by molar-refractivity contribution is 0.0677. The molecule has 0 atom stereocenters. The second kappa shape index (κ2) is 8.84. The van der Waals surface area contributed by atoms with Gasteiger partial charge in [-0.15, -0.1) is 0 Å². The number of nitrogens with zero attached hydrogens (tertiary/aromatic N) is 5. The van der Waals surface area contributed by atoms with Crippen LogP contribution in [0.5, 0.6) is 0 Å². The molecule has 0 radical (unpaired) electrons. The minimum absolute atomic E-state index is 0.0401. The molecular formula is C25H30N6O2. The average Bonchev–Trinajstić information content (AvgIpc) is 3.55. The zero-order chi connectivity index (χ0) is 22.9. The van der Waals surface area contributed by atoms with E-state index in [1.165, 1.54) is 5.69 Å². The van der Waals surface area contributed by atoms with E-state index in [0.717, 1.165) is 48.9 Å². The first-order chi connectivity index (χ1) is 16.0. The number of fused-ring (bicyclic) bond motifs is 1. The van der Waals surface area contributed by atoms with Crippen molar-refractivity contribution in [2.45, 2.75) is 39.0 Å². The molecule has 1 N–H and O–H groups in total. The Hall–Kier alpha value is -3.42. The number of nitrogens with one attached hydrogen (secondary N) is 1. The lowest BCUT2D eigenvalue weighted by Gasteiger charge is -2.31. The van der Waals surface area contributed by atoms with Gasteiger partial charge in [0.2, 0.25) is 0 Å². The van der Waals surface area contributed by atoms with Crippen LogP contribution in [0.3, 0.4) is 0 Å². The summed E-state index contributed by atoms with van der Waals surface area (Å²) in [6, 6.07) is 8.20. The van der Waals surface area contributed by atoms with Crippen molar-refractivity contribution in [3.05, 3.63) is 64.7 Å². The lowest BCUT2D eigenvalue weighted by Crippen LogP contribution is -2.42. The van der Waals surface area contributed by atoms with Crippen LogP contribution in [0, 0.1) is 12.8 Å². The minimum Gasteiger partial charge on any atom is -0.352 e. The van der Waals surface area contributed by atoms with Gasteiger partial charge in [0.05, 0.1) is 17.4 Å². The van der Waals surface area contributed by atoms with Crippen molar-refractivity contribution >= 4 is 11.8 Å². The fourth-order valence-electron chi connectivity index (χ4n) is 4.98. The number of amides is 2. The maximum absolute atomic E-state index is 13.4. The highest BCUT2D eigenvalue weighted by atomic mass is 16.2. The lowest BCUT2D eigenvalue weighted by atomic mass is 9.96. The van der Waals surface area contributed by atoms with Crippen LogP contribution >= 0.6 is 0 Å². The largest absolute Gasteiger partial charge is 0.352 e. The summed E-state index contributed by atoms with van der Waals surface area (Å²) >= 11 is 0. The monoisotopic (exact) mass is 446 g/mol. The number of aryl methyl sites for hydroxylation is 2. The molecular weight excluding hydrogens is 416 g/mol. The van der Waals surface area contributed by atoms with Crippen molar-refractivity contribution in [3.63, 3.8) is 0 Å². The first kappa shape index (κ1) is 21.4. The Morgan fingerprint density at radius 1 is 1.15 bits per heavy atom. The van der Waals surface area contributed by atoms with E-state index in [9.17, 15) is 9.59 Å². The zero-order valence-electron chi connectivity index (χ0n) is 19.3. The number of hydrogen-bond acceptors (Lipinski definition) is 4. The third-order valence-electron chi connectivity index (χ3n) is 6.90. The van der Waals surface area contributed by atoms with Crippen molar-refractivity contribution in [2.75, 3.05) is 19.6 Å². The number of carbonyl (C=O) groups excluding carboxylic acids is 2. The van der Waals surface area contributed by atoms with Gasteiger partial charge < -0.3 is 10.2 Å². The minimum atomic E-state index is -0.0982. The zero-order valence-corrected chi connectivity index (χ0v) is 19.3. The van der Waals surface area contributed by atoms with Crippen LogP contribution in [-0.4, -0.2) is 55.9 Å². The van der Waals surface area contributed by atoms with Gasteiger partial charge in [-0.1, -0.05) is 18.2 Å². The molecule has 0 bridgehead atoms. The molecule has 0 unspecified atom stereocenters. The molecule has 0 saturated carbocycles. The number of hydrogen-bond donors (Lipinski definition) is 1. The summed E-state index contributed by atoms with van der Waals surface area (Å²) in [4.78, 5) is 27.6. The number of aromatic nitrogens is 4. The SMILES string of the molecule is Cc1ccccc1-n1nc(C(=O)N2CCC(CNC(=O)c3cnn(C)c3)CC2)c2c1CCC2. The van der Waals surface area contributed by atoms with E-state index in [4.69, 9.17) is 5.10 Å². The third-order valence-corrected chi connectivity index (χ3v) is 6.90. The Labute approximate surface area is 193 Å². The summed E-state index contributed by atoms with van der Waals surface area (Å²) in [5, 5.41) is 11.9. The molecule has 1 fully saturated rings. The van der Waals surface area contributed by atoms with Gasteiger partial charge in [-0.3, -0.25) is 14.3 Å². The van der Waals surface area contributed by atoms with E-state index < -0.39 is 0 Å². The van der Waals surface area contributed by atoms with E-state index in [0.29, 0.717) is 36.8 Å². The van der Waals surface area contributed by atoms with Crippen LogP contribution < -0.4 is 5.32 Å². The van der Waals surface area contributed by atoms with E-state index in [1.807, 2.05) is 21.7 Å². The molecule has 1 aliphatic carbocycles. The van der Waals surface area contributed by atoms with E-state index in [1.54, 1.807) is 24.1 Å². The molecule has 3 heterocycles. The van der Waals surface area contributed by atoms with Crippen LogP contribution in [0.2, 0.25) is 0 Å².